The van der Waals surface area contributed by atoms with Gasteiger partial charge in [-0.2, -0.15) is 4.99 Å². The van der Waals surface area contributed by atoms with E-state index >= 15 is 0 Å². The summed E-state index contributed by atoms with van der Waals surface area (Å²) in [5, 5.41) is 0.693. The van der Waals surface area contributed by atoms with Crippen LogP contribution in [0, 0.1) is 0 Å². The zero-order valence-corrected chi connectivity index (χ0v) is 16.0. The zero-order chi connectivity index (χ0) is 19.1. The minimum absolute atomic E-state index is 0.0611. The Morgan fingerprint density at radius 3 is 2.70 bits per heavy atom. The molecule has 0 saturated carbocycles. The van der Waals surface area contributed by atoms with E-state index in [0.717, 1.165) is 10.2 Å². The molecule has 4 aromatic rings. The van der Waals surface area contributed by atoms with E-state index in [9.17, 15) is 9.59 Å². The number of para-hydroxylation sites is 1. The number of nitrogens with zero attached hydrogens (tertiary/aromatic N) is 2. The molecule has 0 N–H and O–H groups in total. The predicted octanol–water partition coefficient (Wildman–Crippen LogP) is 4.21. The summed E-state index contributed by atoms with van der Waals surface area (Å²) in [6.45, 7) is 4.28. The number of hydrogen-bond acceptors (Lipinski definition) is 4. The first-order valence-corrected chi connectivity index (χ1v) is 9.47. The van der Waals surface area contributed by atoms with Crippen molar-refractivity contribution < 1.29 is 9.21 Å². The highest BCUT2D eigenvalue weighted by molar-refractivity contribution is 7.16. The topological polar surface area (TPSA) is 64.6 Å². The fraction of sp³-hybridized carbons (Fsp3) is 0.190. The average Bonchev–Trinajstić information content (AvgIpc) is 2.96. The van der Waals surface area contributed by atoms with Crippen molar-refractivity contribution in [3.05, 3.63) is 74.9 Å². The van der Waals surface area contributed by atoms with E-state index in [0.29, 0.717) is 21.7 Å². The number of hydrogen-bond donors (Lipinski definition) is 0. The quantitative estimate of drug-likeness (QED) is 0.491. The fourth-order valence-corrected chi connectivity index (χ4v) is 4.04. The highest BCUT2D eigenvalue weighted by Crippen LogP contribution is 2.23. The van der Waals surface area contributed by atoms with Gasteiger partial charge in [-0.3, -0.25) is 4.79 Å². The Hall–Kier alpha value is -2.99. The summed E-state index contributed by atoms with van der Waals surface area (Å²) in [7, 11) is 1.86. The molecule has 2 aromatic carbocycles. The lowest BCUT2D eigenvalue weighted by molar-refractivity contribution is 0.0994. The monoisotopic (exact) mass is 378 g/mol. The molecule has 1 amide bonds. The van der Waals surface area contributed by atoms with Crippen LogP contribution < -0.4 is 10.4 Å². The van der Waals surface area contributed by atoms with E-state index in [-0.39, 0.29) is 5.56 Å². The number of carbonyl (C=O) groups excluding carboxylic acids is 1. The molecule has 136 valence electrons. The van der Waals surface area contributed by atoms with Crippen LogP contribution >= 0.6 is 11.3 Å². The first-order chi connectivity index (χ1) is 12.9. The number of amides is 1. The minimum atomic E-state index is -0.673. The molecule has 0 saturated heterocycles. The van der Waals surface area contributed by atoms with Crippen molar-refractivity contribution in [1.29, 1.82) is 0 Å². The molecule has 0 aliphatic carbocycles. The van der Waals surface area contributed by atoms with Gasteiger partial charge < -0.3 is 8.98 Å². The van der Waals surface area contributed by atoms with E-state index in [1.165, 1.54) is 23.0 Å². The summed E-state index contributed by atoms with van der Waals surface area (Å²) >= 11 is 1.43. The van der Waals surface area contributed by atoms with Crippen LogP contribution in [0.3, 0.4) is 0 Å². The van der Waals surface area contributed by atoms with Gasteiger partial charge in [0, 0.05) is 12.4 Å². The summed E-state index contributed by atoms with van der Waals surface area (Å²) in [5.41, 5.74) is 1.95. The lowest BCUT2D eigenvalue weighted by Gasteiger charge is -2.04. The molecule has 5 nitrogen and oxygen atoms in total. The van der Waals surface area contributed by atoms with Gasteiger partial charge in [0.1, 0.15) is 11.1 Å². The van der Waals surface area contributed by atoms with Gasteiger partial charge in [0.15, 0.2) is 4.80 Å². The van der Waals surface area contributed by atoms with Gasteiger partial charge in [-0.15, -0.1) is 0 Å². The highest BCUT2D eigenvalue weighted by atomic mass is 32.1. The predicted molar refractivity (Wildman–Crippen MR) is 107 cm³/mol. The molecule has 0 fully saturated rings. The third kappa shape index (κ3) is 3.13. The highest BCUT2D eigenvalue weighted by Gasteiger charge is 2.14. The second-order valence-electron chi connectivity index (χ2n) is 6.73. The maximum Gasteiger partial charge on any atom is 0.349 e. The van der Waals surface area contributed by atoms with Crippen molar-refractivity contribution in [2.24, 2.45) is 12.0 Å². The van der Waals surface area contributed by atoms with Gasteiger partial charge in [-0.1, -0.05) is 49.4 Å². The Morgan fingerprint density at radius 1 is 1.15 bits per heavy atom. The summed E-state index contributed by atoms with van der Waals surface area (Å²) in [6.07, 6.45) is 0. The molecule has 0 spiro atoms. The van der Waals surface area contributed by atoms with Gasteiger partial charge in [0.05, 0.1) is 10.2 Å². The van der Waals surface area contributed by atoms with E-state index in [4.69, 9.17) is 4.42 Å². The molecule has 0 unspecified atom stereocenters. The Morgan fingerprint density at radius 2 is 1.93 bits per heavy atom. The van der Waals surface area contributed by atoms with Crippen molar-refractivity contribution in [2.45, 2.75) is 19.8 Å². The van der Waals surface area contributed by atoms with Gasteiger partial charge in [0.2, 0.25) is 0 Å². The van der Waals surface area contributed by atoms with Gasteiger partial charge in [-0.05, 0) is 35.7 Å². The molecule has 2 aromatic heterocycles. The molecule has 0 aliphatic heterocycles. The first kappa shape index (κ1) is 17.4. The van der Waals surface area contributed by atoms with Crippen LogP contribution in [-0.2, 0) is 7.05 Å². The maximum absolute atomic E-state index is 12.6. The van der Waals surface area contributed by atoms with Crippen LogP contribution in [0.1, 0.15) is 35.7 Å². The fourth-order valence-electron chi connectivity index (χ4n) is 2.97. The maximum atomic E-state index is 12.6. The molecular formula is C21H18N2O3S. The summed E-state index contributed by atoms with van der Waals surface area (Å²) < 4.78 is 8.17. The molecular weight excluding hydrogens is 360 g/mol. The lowest BCUT2D eigenvalue weighted by atomic mass is 10.0. The van der Waals surface area contributed by atoms with E-state index in [1.54, 1.807) is 18.2 Å². The van der Waals surface area contributed by atoms with Gasteiger partial charge >= 0.3 is 5.63 Å². The molecule has 0 aliphatic rings. The Kier molecular flexibility index (Phi) is 4.28. The second-order valence-corrected chi connectivity index (χ2v) is 7.74. The number of fused-ring (bicyclic) bond motifs is 2. The van der Waals surface area contributed by atoms with Crippen LogP contribution in [0.2, 0.25) is 0 Å². The lowest BCUT2D eigenvalue weighted by Crippen LogP contribution is -2.17. The average molecular weight is 378 g/mol. The molecule has 0 atom stereocenters. The third-order valence-corrected chi connectivity index (χ3v) is 5.66. The minimum Gasteiger partial charge on any atom is -0.422 e. The van der Waals surface area contributed by atoms with E-state index in [1.807, 2.05) is 23.7 Å². The van der Waals surface area contributed by atoms with Crippen molar-refractivity contribution in [1.82, 2.24) is 4.57 Å². The number of benzene rings is 2. The van der Waals surface area contributed by atoms with Crippen LogP contribution in [0.15, 0.2) is 62.7 Å². The van der Waals surface area contributed by atoms with Crippen LogP contribution in [0.25, 0.3) is 21.2 Å². The summed E-state index contributed by atoms with van der Waals surface area (Å²) in [4.78, 5) is 29.6. The van der Waals surface area contributed by atoms with E-state index in [2.05, 4.69) is 31.0 Å². The number of carbonyl (C=O) groups is 1. The molecule has 4 rings (SSSR count). The van der Waals surface area contributed by atoms with Crippen molar-refractivity contribution in [2.75, 3.05) is 0 Å². The van der Waals surface area contributed by atoms with Crippen LogP contribution in [-0.4, -0.2) is 10.5 Å². The van der Waals surface area contributed by atoms with Crippen molar-refractivity contribution >= 4 is 38.4 Å². The number of aromatic nitrogens is 1. The van der Waals surface area contributed by atoms with Crippen molar-refractivity contribution in [3.8, 4) is 0 Å². The summed E-state index contributed by atoms with van der Waals surface area (Å²) in [6, 6.07) is 14.9. The number of thiazole rings is 1. The number of aryl methyl sites for hydroxylation is 1. The Balaban J connectivity index is 1.83. The van der Waals surface area contributed by atoms with Crippen LogP contribution in [0.4, 0.5) is 0 Å². The normalized spacial score (nSPS) is 12.4. The first-order valence-electron chi connectivity index (χ1n) is 8.65. The molecule has 0 bridgehead atoms. The van der Waals surface area contributed by atoms with Gasteiger partial charge in [0.25, 0.3) is 5.91 Å². The SMILES string of the molecule is CC(C)c1ccc2c(c1)sc(=NC(=O)c1cc3ccccc3oc1=O)n2C. The molecule has 6 heteroatoms. The molecule has 2 heterocycles. The van der Waals surface area contributed by atoms with E-state index < -0.39 is 11.5 Å². The zero-order valence-electron chi connectivity index (χ0n) is 15.2. The molecule has 27 heavy (non-hydrogen) atoms. The number of rotatable bonds is 2. The van der Waals surface area contributed by atoms with Crippen molar-refractivity contribution in [3.63, 3.8) is 0 Å². The van der Waals surface area contributed by atoms with Crippen LogP contribution in [0.5, 0.6) is 0 Å². The molecule has 0 radical (unpaired) electrons. The largest absolute Gasteiger partial charge is 0.422 e. The van der Waals surface area contributed by atoms with Gasteiger partial charge in [-0.25, -0.2) is 4.79 Å². The Bertz CT molecular complexity index is 1310. The smallest absolute Gasteiger partial charge is 0.349 e. The standard InChI is InChI=1S/C21H18N2O3S/c1-12(2)13-8-9-16-18(11-13)27-21(23(16)3)22-19(24)15-10-14-6-4-5-7-17(14)26-20(15)25/h4-12H,1-3H3. The Labute approximate surface area is 159 Å². The summed E-state index contributed by atoms with van der Waals surface area (Å²) in [5.74, 6) is -0.174. The third-order valence-electron chi connectivity index (χ3n) is 4.57. The second kappa shape index (κ2) is 6.63.